The number of thioether (sulfide) groups is 2. The van der Waals surface area contributed by atoms with Gasteiger partial charge in [-0.05, 0) is 12.8 Å². The number of hydrogen-bond acceptors (Lipinski definition) is 12. The molecule has 0 aliphatic rings. The summed E-state index contributed by atoms with van der Waals surface area (Å²) in [4.78, 5) is 92.3. The number of carbonyl (C=O) groups excluding carboxylic acids is 4. The molecular formula is C20H32N6O12S2. The van der Waals surface area contributed by atoms with Gasteiger partial charge in [0, 0.05) is 23.7 Å². The van der Waals surface area contributed by atoms with Crippen molar-refractivity contribution in [3.05, 3.63) is 0 Å². The summed E-state index contributed by atoms with van der Waals surface area (Å²) < 4.78 is 0. The maximum atomic E-state index is 12.4. The monoisotopic (exact) mass is 612 g/mol. The summed E-state index contributed by atoms with van der Waals surface area (Å²) in [6, 6.07) is -3.88. The number of carbonyl (C=O) groups is 8. The molecule has 2 unspecified atom stereocenters. The van der Waals surface area contributed by atoms with Crippen LogP contribution in [0.4, 0.5) is 0 Å². The first-order valence-corrected chi connectivity index (χ1v) is 13.6. The highest BCUT2D eigenvalue weighted by Crippen LogP contribution is 2.18. The second kappa shape index (κ2) is 19.4. The average molecular weight is 613 g/mol. The maximum Gasteiger partial charge on any atom is 0.322 e. The van der Waals surface area contributed by atoms with Crippen molar-refractivity contribution in [3.63, 3.8) is 0 Å². The SMILES string of the molecule is N[C@@H](CCC(=O)NC(CSCSC(NC(=O)CC[C@H](N)C(=O)O)C(=O)NCC(=O)O)C(=O)NCC(=O)O)C(=O)O. The van der Waals surface area contributed by atoms with Crippen LogP contribution in [-0.2, 0) is 38.4 Å². The Morgan fingerprint density at radius 1 is 0.675 bits per heavy atom. The van der Waals surface area contributed by atoms with Gasteiger partial charge in [0.2, 0.25) is 17.7 Å². The largest absolute Gasteiger partial charge is 0.480 e. The van der Waals surface area contributed by atoms with Gasteiger partial charge in [0.05, 0.1) is 0 Å². The van der Waals surface area contributed by atoms with Crippen LogP contribution in [0.5, 0.6) is 0 Å². The molecule has 0 aliphatic carbocycles. The van der Waals surface area contributed by atoms with Crippen LogP contribution in [0.1, 0.15) is 25.7 Å². The van der Waals surface area contributed by atoms with Gasteiger partial charge in [-0.15, -0.1) is 23.5 Å². The van der Waals surface area contributed by atoms with E-state index in [1.807, 2.05) is 0 Å². The van der Waals surface area contributed by atoms with Gasteiger partial charge in [-0.2, -0.15) is 0 Å². The molecule has 4 atom stereocenters. The molecule has 0 rings (SSSR count). The molecule has 20 heteroatoms. The van der Waals surface area contributed by atoms with Gasteiger partial charge in [-0.3, -0.25) is 38.4 Å². The van der Waals surface area contributed by atoms with Crippen molar-refractivity contribution in [2.24, 2.45) is 11.5 Å². The van der Waals surface area contributed by atoms with Crippen molar-refractivity contribution < 1.29 is 58.8 Å². The van der Waals surface area contributed by atoms with Crippen LogP contribution in [0.15, 0.2) is 0 Å². The molecule has 0 fully saturated rings. The van der Waals surface area contributed by atoms with Crippen molar-refractivity contribution in [2.75, 3.05) is 23.9 Å². The highest BCUT2D eigenvalue weighted by Gasteiger charge is 2.25. The third kappa shape index (κ3) is 17.1. The standard InChI is InChI=1S/C20H32N6O12S2/c21-9(19(35)36)1-3-12(27)25-11(16(33)23-5-14(29)30)7-39-8-40-18(17(34)24-6-15(31)32)26-13(28)4-2-10(22)20(37)38/h9-11,18H,1-8,21-22H2,(H,23,33)(H,24,34)(H,25,27)(H,26,28)(H,29,30)(H,31,32)(H,35,36)(H,37,38)/t9-,10-,11?,18?/m0/s1. The second-order valence-corrected chi connectivity index (χ2v) is 10.4. The Morgan fingerprint density at radius 3 is 1.57 bits per heavy atom. The van der Waals surface area contributed by atoms with Crippen LogP contribution in [0, 0.1) is 0 Å². The third-order valence-corrected chi connectivity index (χ3v) is 7.06. The topological polar surface area (TPSA) is 318 Å². The van der Waals surface area contributed by atoms with E-state index in [2.05, 4.69) is 21.3 Å². The second-order valence-electron chi connectivity index (χ2n) is 7.91. The van der Waals surface area contributed by atoms with E-state index >= 15 is 0 Å². The lowest BCUT2D eigenvalue weighted by Gasteiger charge is -2.20. The summed E-state index contributed by atoms with van der Waals surface area (Å²) in [6.45, 7) is -1.48. The van der Waals surface area contributed by atoms with Crippen LogP contribution >= 0.6 is 23.5 Å². The van der Waals surface area contributed by atoms with Gasteiger partial charge in [-0.1, -0.05) is 0 Å². The molecule has 18 nitrogen and oxygen atoms in total. The fourth-order valence-electron chi connectivity index (χ4n) is 2.49. The van der Waals surface area contributed by atoms with E-state index in [1.54, 1.807) is 0 Å². The number of carboxylic acid groups (broad SMARTS) is 4. The highest BCUT2D eigenvalue weighted by molar-refractivity contribution is 8.16. The lowest BCUT2D eigenvalue weighted by molar-refractivity contribution is -0.140. The fraction of sp³-hybridized carbons (Fsp3) is 0.600. The molecule has 0 saturated carbocycles. The van der Waals surface area contributed by atoms with Crippen LogP contribution in [-0.4, -0.2) is 115 Å². The van der Waals surface area contributed by atoms with Gasteiger partial charge < -0.3 is 53.2 Å². The number of amides is 4. The molecule has 4 amide bonds. The molecule has 40 heavy (non-hydrogen) atoms. The zero-order valence-electron chi connectivity index (χ0n) is 21.0. The summed E-state index contributed by atoms with van der Waals surface area (Å²) in [6.07, 6.45) is -1.13. The Morgan fingerprint density at radius 2 is 1.12 bits per heavy atom. The smallest absolute Gasteiger partial charge is 0.322 e. The molecule has 0 spiro atoms. The summed E-state index contributed by atoms with van der Waals surface area (Å²) in [5, 5.41) is 42.7. The molecule has 0 aliphatic heterocycles. The molecule has 0 aromatic carbocycles. The van der Waals surface area contributed by atoms with Crippen molar-refractivity contribution in [2.45, 2.75) is 49.2 Å². The molecular weight excluding hydrogens is 580 g/mol. The van der Waals surface area contributed by atoms with Gasteiger partial charge >= 0.3 is 23.9 Å². The van der Waals surface area contributed by atoms with Crippen molar-refractivity contribution in [1.82, 2.24) is 21.3 Å². The lowest BCUT2D eigenvalue weighted by Crippen LogP contribution is -2.49. The highest BCUT2D eigenvalue weighted by atomic mass is 32.2. The molecule has 226 valence electrons. The number of nitrogens with two attached hydrogens (primary N) is 2. The maximum absolute atomic E-state index is 12.4. The molecule has 0 bridgehead atoms. The Hall–Kier alpha value is -3.62. The zero-order valence-corrected chi connectivity index (χ0v) is 22.6. The van der Waals surface area contributed by atoms with Gasteiger partial charge in [0.1, 0.15) is 31.2 Å². The number of nitrogens with one attached hydrogen (secondary N) is 4. The quantitative estimate of drug-likeness (QED) is 0.0437. The first-order valence-electron chi connectivity index (χ1n) is 11.4. The predicted molar refractivity (Wildman–Crippen MR) is 140 cm³/mol. The first kappa shape index (κ1) is 36.4. The van der Waals surface area contributed by atoms with E-state index in [-0.39, 0.29) is 36.5 Å². The van der Waals surface area contributed by atoms with Crippen molar-refractivity contribution in [1.29, 1.82) is 0 Å². The minimum absolute atomic E-state index is 0.00253. The number of carboxylic acids is 4. The Kier molecular flexibility index (Phi) is 17.7. The van der Waals surface area contributed by atoms with Crippen LogP contribution in [0.25, 0.3) is 0 Å². The minimum atomic E-state index is -1.35. The number of aliphatic carboxylic acids is 4. The van der Waals surface area contributed by atoms with Crippen LogP contribution in [0.2, 0.25) is 0 Å². The van der Waals surface area contributed by atoms with Gasteiger partial charge in [0.15, 0.2) is 5.37 Å². The van der Waals surface area contributed by atoms with Crippen LogP contribution < -0.4 is 32.7 Å². The molecule has 0 aromatic heterocycles. The predicted octanol–water partition coefficient (Wildman–Crippen LogP) is -3.88. The summed E-state index contributed by atoms with van der Waals surface area (Å²) >= 11 is 1.81. The molecule has 12 N–H and O–H groups in total. The average Bonchev–Trinajstić information content (AvgIpc) is 2.87. The Bertz CT molecular complexity index is 879. The molecule has 0 aromatic rings. The number of rotatable bonds is 21. The van der Waals surface area contributed by atoms with E-state index in [9.17, 15) is 38.4 Å². The van der Waals surface area contributed by atoms with Crippen molar-refractivity contribution in [3.8, 4) is 0 Å². The van der Waals surface area contributed by atoms with E-state index in [0.29, 0.717) is 0 Å². The van der Waals surface area contributed by atoms with Gasteiger partial charge in [-0.25, -0.2) is 0 Å². The van der Waals surface area contributed by atoms with Crippen LogP contribution in [0.3, 0.4) is 0 Å². The normalized spacial score (nSPS) is 13.6. The van der Waals surface area contributed by atoms with Gasteiger partial charge in [0.25, 0.3) is 5.91 Å². The molecule has 0 radical (unpaired) electrons. The van der Waals surface area contributed by atoms with E-state index in [4.69, 9.17) is 31.9 Å². The third-order valence-electron chi connectivity index (χ3n) is 4.61. The zero-order chi connectivity index (χ0) is 30.8. The minimum Gasteiger partial charge on any atom is -0.480 e. The lowest BCUT2D eigenvalue weighted by atomic mass is 10.1. The summed E-state index contributed by atoms with van der Waals surface area (Å²) in [5.41, 5.74) is 10.7. The van der Waals surface area contributed by atoms with E-state index < -0.39 is 84.1 Å². The summed E-state index contributed by atoms with van der Waals surface area (Å²) in [5.74, 6) is -8.66. The fourth-order valence-corrected chi connectivity index (χ4v) is 4.73. The molecule has 0 saturated heterocycles. The van der Waals surface area contributed by atoms with Crippen molar-refractivity contribution >= 4 is 71.0 Å². The Labute approximate surface area is 235 Å². The van der Waals surface area contributed by atoms with E-state index in [0.717, 1.165) is 23.5 Å². The van der Waals surface area contributed by atoms with E-state index in [1.165, 1.54) is 0 Å². The summed E-state index contributed by atoms with van der Waals surface area (Å²) in [7, 11) is 0. The molecule has 0 heterocycles. The first-order chi connectivity index (χ1) is 18.6. The number of hydrogen-bond donors (Lipinski definition) is 10. The Balaban J connectivity index is 5.18.